The van der Waals surface area contributed by atoms with Crippen LogP contribution in [-0.4, -0.2) is 48.5 Å². The Balaban J connectivity index is 1.68. The number of aliphatic hydroxyl groups excluding tert-OH is 1. The largest absolute Gasteiger partial charge is 0.392 e. The summed E-state index contributed by atoms with van der Waals surface area (Å²) in [6.45, 7) is 6.04. The molecule has 1 aliphatic heterocycles. The van der Waals surface area contributed by atoms with Crippen molar-refractivity contribution in [2.45, 2.75) is 51.2 Å². The molecule has 1 heterocycles. The predicted molar refractivity (Wildman–Crippen MR) is 64.4 cm³/mol. The summed E-state index contributed by atoms with van der Waals surface area (Å²) < 4.78 is 5.80. The summed E-state index contributed by atoms with van der Waals surface area (Å²) in [7, 11) is 0. The molecule has 2 rings (SSSR count). The molecule has 1 saturated heterocycles. The standard InChI is InChI=1S/C13H25NO2/c1-2-8-16-12-4-3-7-14(9-12)10-13(15)11-5-6-11/h11-13,15H,2-10H2,1H3. The number of likely N-dealkylation sites (tertiary alicyclic amines) is 1. The van der Waals surface area contributed by atoms with E-state index in [4.69, 9.17) is 4.74 Å². The van der Waals surface area contributed by atoms with Crippen LogP contribution < -0.4 is 0 Å². The van der Waals surface area contributed by atoms with Crippen LogP contribution in [0.2, 0.25) is 0 Å². The van der Waals surface area contributed by atoms with E-state index < -0.39 is 0 Å². The first kappa shape index (κ1) is 12.3. The molecule has 1 saturated carbocycles. The van der Waals surface area contributed by atoms with Crippen LogP contribution in [0.4, 0.5) is 0 Å². The summed E-state index contributed by atoms with van der Waals surface area (Å²) in [6, 6.07) is 0. The highest BCUT2D eigenvalue weighted by molar-refractivity contribution is 4.84. The third kappa shape index (κ3) is 3.72. The molecule has 2 unspecified atom stereocenters. The predicted octanol–water partition coefficient (Wildman–Crippen LogP) is 1.65. The third-order valence-corrected chi connectivity index (χ3v) is 3.63. The zero-order valence-corrected chi connectivity index (χ0v) is 10.4. The second kappa shape index (κ2) is 5.99. The number of aliphatic hydroxyl groups is 1. The van der Waals surface area contributed by atoms with Crippen molar-refractivity contribution in [3.8, 4) is 0 Å². The maximum Gasteiger partial charge on any atom is 0.0702 e. The summed E-state index contributed by atoms with van der Waals surface area (Å²) in [5.74, 6) is 0.594. The van der Waals surface area contributed by atoms with Gasteiger partial charge in [-0.2, -0.15) is 0 Å². The minimum atomic E-state index is -0.0927. The average molecular weight is 227 g/mol. The van der Waals surface area contributed by atoms with Crippen LogP contribution in [0.3, 0.4) is 0 Å². The van der Waals surface area contributed by atoms with Gasteiger partial charge in [0.15, 0.2) is 0 Å². The molecule has 1 N–H and O–H groups in total. The van der Waals surface area contributed by atoms with E-state index in [0.717, 1.165) is 32.7 Å². The lowest BCUT2D eigenvalue weighted by molar-refractivity contribution is -0.0139. The van der Waals surface area contributed by atoms with Gasteiger partial charge < -0.3 is 9.84 Å². The van der Waals surface area contributed by atoms with Crippen molar-refractivity contribution in [3.05, 3.63) is 0 Å². The van der Waals surface area contributed by atoms with Crippen molar-refractivity contribution < 1.29 is 9.84 Å². The SMILES string of the molecule is CCCOC1CCCN(CC(O)C2CC2)C1. The van der Waals surface area contributed by atoms with Gasteiger partial charge in [0, 0.05) is 19.7 Å². The Bertz CT molecular complexity index is 206. The molecule has 3 heteroatoms. The van der Waals surface area contributed by atoms with E-state index in [1.807, 2.05) is 0 Å². The van der Waals surface area contributed by atoms with Gasteiger partial charge >= 0.3 is 0 Å². The fraction of sp³-hybridized carbons (Fsp3) is 1.00. The molecular formula is C13H25NO2. The maximum atomic E-state index is 9.92. The molecule has 0 aromatic rings. The van der Waals surface area contributed by atoms with Gasteiger partial charge in [-0.1, -0.05) is 6.92 Å². The van der Waals surface area contributed by atoms with E-state index in [0.29, 0.717) is 12.0 Å². The van der Waals surface area contributed by atoms with E-state index in [1.165, 1.54) is 25.7 Å². The van der Waals surface area contributed by atoms with Gasteiger partial charge in [-0.25, -0.2) is 0 Å². The molecule has 2 fully saturated rings. The quantitative estimate of drug-likeness (QED) is 0.749. The number of hydrogen-bond donors (Lipinski definition) is 1. The highest BCUT2D eigenvalue weighted by atomic mass is 16.5. The molecule has 0 aromatic heterocycles. The Morgan fingerprint density at radius 1 is 1.38 bits per heavy atom. The van der Waals surface area contributed by atoms with Gasteiger partial charge in [-0.15, -0.1) is 0 Å². The average Bonchev–Trinajstić information content (AvgIpc) is 3.10. The van der Waals surface area contributed by atoms with Crippen LogP contribution >= 0.6 is 0 Å². The topological polar surface area (TPSA) is 32.7 Å². The third-order valence-electron chi connectivity index (χ3n) is 3.63. The molecule has 3 nitrogen and oxygen atoms in total. The van der Waals surface area contributed by atoms with Crippen LogP contribution in [0.15, 0.2) is 0 Å². The van der Waals surface area contributed by atoms with Gasteiger partial charge in [0.05, 0.1) is 12.2 Å². The zero-order chi connectivity index (χ0) is 11.4. The van der Waals surface area contributed by atoms with Crippen molar-refractivity contribution in [2.75, 3.05) is 26.2 Å². The van der Waals surface area contributed by atoms with E-state index >= 15 is 0 Å². The van der Waals surface area contributed by atoms with Crippen LogP contribution in [-0.2, 0) is 4.74 Å². The first-order valence-corrected chi connectivity index (χ1v) is 6.81. The number of rotatable bonds is 6. The first-order chi connectivity index (χ1) is 7.79. The number of ether oxygens (including phenoxy) is 1. The van der Waals surface area contributed by atoms with Gasteiger partial charge in [0.2, 0.25) is 0 Å². The van der Waals surface area contributed by atoms with Crippen LogP contribution in [0.1, 0.15) is 39.0 Å². The summed E-state index contributed by atoms with van der Waals surface area (Å²) in [6.07, 6.45) is 6.27. The van der Waals surface area contributed by atoms with Crippen LogP contribution in [0.5, 0.6) is 0 Å². The molecule has 2 aliphatic rings. The molecule has 2 atom stereocenters. The smallest absolute Gasteiger partial charge is 0.0702 e. The zero-order valence-electron chi connectivity index (χ0n) is 10.4. The van der Waals surface area contributed by atoms with E-state index in [1.54, 1.807) is 0 Å². The Kier molecular flexibility index (Phi) is 4.62. The summed E-state index contributed by atoms with van der Waals surface area (Å²) in [5, 5.41) is 9.92. The van der Waals surface area contributed by atoms with Crippen molar-refractivity contribution in [3.63, 3.8) is 0 Å². The van der Waals surface area contributed by atoms with Crippen molar-refractivity contribution in [1.29, 1.82) is 0 Å². The van der Waals surface area contributed by atoms with E-state index in [2.05, 4.69) is 11.8 Å². The molecule has 0 bridgehead atoms. The number of piperidine rings is 1. The van der Waals surface area contributed by atoms with Gasteiger partial charge in [0.1, 0.15) is 0 Å². The fourth-order valence-electron chi connectivity index (χ4n) is 2.49. The second-order valence-corrected chi connectivity index (χ2v) is 5.30. The van der Waals surface area contributed by atoms with Crippen LogP contribution in [0.25, 0.3) is 0 Å². The van der Waals surface area contributed by atoms with Crippen molar-refractivity contribution >= 4 is 0 Å². The molecule has 94 valence electrons. The maximum absolute atomic E-state index is 9.92. The lowest BCUT2D eigenvalue weighted by atomic mass is 10.1. The monoisotopic (exact) mass is 227 g/mol. The molecule has 0 radical (unpaired) electrons. The Labute approximate surface area is 98.8 Å². The summed E-state index contributed by atoms with van der Waals surface area (Å²) in [5.41, 5.74) is 0. The molecular weight excluding hydrogens is 202 g/mol. The highest BCUT2D eigenvalue weighted by Gasteiger charge is 2.32. The second-order valence-electron chi connectivity index (χ2n) is 5.30. The number of hydrogen-bond acceptors (Lipinski definition) is 3. The summed E-state index contributed by atoms with van der Waals surface area (Å²) >= 11 is 0. The normalized spacial score (nSPS) is 29.2. The fourth-order valence-corrected chi connectivity index (χ4v) is 2.49. The van der Waals surface area contributed by atoms with Crippen LogP contribution in [0, 0.1) is 5.92 Å². The summed E-state index contributed by atoms with van der Waals surface area (Å²) in [4.78, 5) is 2.38. The number of β-amino-alcohol motifs (C(OH)–C–C–N with tert-alkyl or cyclic N) is 1. The number of nitrogens with zero attached hydrogens (tertiary/aromatic N) is 1. The van der Waals surface area contributed by atoms with Gasteiger partial charge in [0.25, 0.3) is 0 Å². The molecule has 0 aromatic carbocycles. The Morgan fingerprint density at radius 3 is 2.88 bits per heavy atom. The van der Waals surface area contributed by atoms with Gasteiger partial charge in [-0.3, -0.25) is 4.90 Å². The molecule has 16 heavy (non-hydrogen) atoms. The Hall–Kier alpha value is -0.120. The van der Waals surface area contributed by atoms with Crippen molar-refractivity contribution in [2.24, 2.45) is 5.92 Å². The van der Waals surface area contributed by atoms with Gasteiger partial charge in [-0.05, 0) is 44.6 Å². The molecule has 1 aliphatic carbocycles. The first-order valence-electron chi connectivity index (χ1n) is 6.81. The minimum Gasteiger partial charge on any atom is -0.392 e. The minimum absolute atomic E-state index is 0.0927. The lowest BCUT2D eigenvalue weighted by Crippen LogP contribution is -2.43. The van der Waals surface area contributed by atoms with Crippen molar-refractivity contribution in [1.82, 2.24) is 4.90 Å². The lowest BCUT2D eigenvalue weighted by Gasteiger charge is -2.33. The molecule has 0 amide bonds. The highest BCUT2D eigenvalue weighted by Crippen LogP contribution is 2.33. The van der Waals surface area contributed by atoms with E-state index in [9.17, 15) is 5.11 Å². The van der Waals surface area contributed by atoms with E-state index in [-0.39, 0.29) is 6.10 Å². The Morgan fingerprint density at radius 2 is 2.19 bits per heavy atom. The molecule has 0 spiro atoms.